The van der Waals surface area contributed by atoms with Gasteiger partial charge in [0.1, 0.15) is 0 Å². The lowest BCUT2D eigenvalue weighted by molar-refractivity contribution is -0.280. The van der Waals surface area contributed by atoms with Crippen molar-refractivity contribution < 1.29 is 49.4 Å². The Balaban J connectivity index is 5.37. The van der Waals surface area contributed by atoms with Crippen LogP contribution in [0.5, 0.6) is 0 Å². The number of aliphatic carboxylic acids is 3. The fourth-order valence-corrected chi connectivity index (χ4v) is 2.20. The Kier molecular flexibility index (Phi) is 8.88. The van der Waals surface area contributed by atoms with Crippen LogP contribution in [-0.4, -0.2) is 66.0 Å². The quantitative estimate of drug-likeness (QED) is 0.115. The molecule has 3 unspecified atom stereocenters. The van der Waals surface area contributed by atoms with Gasteiger partial charge in [-0.1, -0.05) is 32.6 Å². The second-order valence-corrected chi connectivity index (χ2v) is 6.09. The molecule has 11 heteroatoms. The van der Waals surface area contributed by atoms with Gasteiger partial charge in [0.05, 0.1) is 11.7 Å². The minimum absolute atomic E-state index is 0.155. The van der Waals surface area contributed by atoms with E-state index in [0.29, 0.717) is 6.42 Å². The van der Waals surface area contributed by atoms with Crippen LogP contribution in [0.15, 0.2) is 0 Å². The monoisotopic (exact) mass is 382 g/mol. The van der Waals surface area contributed by atoms with Crippen molar-refractivity contribution in [2.24, 2.45) is 0 Å². The highest BCUT2D eigenvalue weighted by Crippen LogP contribution is 2.30. The Morgan fingerprint density at radius 1 is 1.00 bits per heavy atom. The molecule has 0 radical (unpaired) electrons. The first-order chi connectivity index (χ1) is 11.4. The van der Waals surface area contributed by atoms with E-state index in [1.165, 1.54) is 0 Å². The van der Waals surface area contributed by atoms with E-state index in [2.05, 4.69) is 17.4 Å². The van der Waals surface area contributed by atoms with Crippen molar-refractivity contribution in [1.82, 2.24) is 0 Å². The van der Waals surface area contributed by atoms with E-state index in [1.807, 2.05) is 6.92 Å². The number of carboxylic acid groups (broad SMARTS) is 3. The summed E-state index contributed by atoms with van der Waals surface area (Å²) in [4.78, 5) is 45.0. The van der Waals surface area contributed by atoms with Crippen LogP contribution in [-0.2, 0) is 23.9 Å². The summed E-state index contributed by atoms with van der Waals surface area (Å²) >= 11 is 3.90. The van der Waals surface area contributed by atoms with E-state index in [-0.39, 0.29) is 6.42 Å². The van der Waals surface area contributed by atoms with Crippen LogP contribution in [0.25, 0.3) is 0 Å². The maximum absolute atomic E-state index is 11.9. The lowest BCUT2D eigenvalue weighted by Gasteiger charge is -2.35. The number of hydrogen-bond acceptors (Lipinski definition) is 8. The number of rotatable bonds is 12. The third-order valence-corrected chi connectivity index (χ3v) is 3.93. The molecule has 25 heavy (non-hydrogen) atoms. The molecule has 0 fully saturated rings. The maximum Gasteiger partial charge on any atom is 0.381 e. The van der Waals surface area contributed by atoms with Gasteiger partial charge in [0, 0.05) is 0 Å². The van der Waals surface area contributed by atoms with Gasteiger partial charge in [0.15, 0.2) is 0 Å². The Bertz CT molecular complexity index is 522. The molecule has 0 rings (SSSR count). The Morgan fingerprint density at radius 3 is 1.96 bits per heavy atom. The summed E-state index contributed by atoms with van der Waals surface area (Å²) in [6, 6.07) is 0. The maximum atomic E-state index is 11.9. The highest BCUT2D eigenvalue weighted by atomic mass is 32.1. The van der Waals surface area contributed by atoms with E-state index in [4.69, 9.17) is 15.3 Å². The smallest absolute Gasteiger partial charge is 0.381 e. The molecular formula is C14H22O10S. The number of carboxylic acids is 3. The fraction of sp³-hybridized carbons (Fsp3) is 0.714. The molecule has 3 atom stereocenters. The number of hydrogen-bond donors (Lipinski definition) is 6. The zero-order valence-electron chi connectivity index (χ0n) is 13.5. The van der Waals surface area contributed by atoms with Gasteiger partial charge in [-0.05, 0) is 6.42 Å². The first-order valence-corrected chi connectivity index (χ1v) is 7.98. The van der Waals surface area contributed by atoms with Crippen molar-refractivity contribution >= 4 is 36.5 Å². The minimum atomic E-state index is -4.00. The Hall–Kier alpha value is -1.85. The molecule has 10 nitrogen and oxygen atoms in total. The molecule has 0 bridgehead atoms. The number of carbonyl (C=O) groups is 4. The zero-order valence-corrected chi connectivity index (χ0v) is 14.4. The molecule has 0 saturated heterocycles. The van der Waals surface area contributed by atoms with Crippen molar-refractivity contribution in [2.45, 2.75) is 62.1 Å². The molecule has 0 amide bonds. The molecular weight excluding hydrogens is 360 g/mol. The molecule has 0 aromatic carbocycles. The normalized spacial score (nSPS) is 17.0. The highest BCUT2D eigenvalue weighted by molar-refractivity contribution is 7.81. The van der Waals surface area contributed by atoms with E-state index >= 15 is 0 Å². The predicted octanol–water partition coefficient (Wildman–Crippen LogP) is -0.138. The fourth-order valence-electron chi connectivity index (χ4n) is 1.96. The van der Waals surface area contributed by atoms with Crippen molar-refractivity contribution in [3.05, 3.63) is 0 Å². The first kappa shape index (κ1) is 23.1. The summed E-state index contributed by atoms with van der Waals surface area (Å²) in [6.07, 6.45) is 1.57. The lowest BCUT2D eigenvalue weighted by Crippen LogP contribution is -2.67. The molecule has 0 heterocycles. The summed E-state index contributed by atoms with van der Waals surface area (Å²) in [6.45, 7) is 1.97. The highest BCUT2D eigenvalue weighted by Gasteiger charge is 2.65. The van der Waals surface area contributed by atoms with E-state index < -0.39 is 46.9 Å². The summed E-state index contributed by atoms with van der Waals surface area (Å²) < 4.78 is 4.29. The Morgan fingerprint density at radius 2 is 1.56 bits per heavy atom. The number of aliphatic hydroxyl groups is 2. The number of carbonyl (C=O) groups excluding carboxylic acids is 1. The Labute approximate surface area is 148 Å². The van der Waals surface area contributed by atoms with Crippen molar-refractivity contribution in [3.63, 3.8) is 0 Å². The minimum Gasteiger partial charge on any atom is -0.481 e. The SMILES string of the molecule is CCCCCCC(S)C(=O)OC(O)(C(=O)O)C(O)(CC(=O)O)C(=O)O. The van der Waals surface area contributed by atoms with Crippen LogP contribution in [0.2, 0.25) is 0 Å². The van der Waals surface area contributed by atoms with Crippen molar-refractivity contribution in [2.75, 3.05) is 0 Å². The van der Waals surface area contributed by atoms with Crippen LogP contribution in [0.4, 0.5) is 0 Å². The van der Waals surface area contributed by atoms with Gasteiger partial charge in [0.25, 0.3) is 0 Å². The standard InChI is InChI=1S/C14H22O10S/c1-2-3-4-5-6-8(25)10(17)24-14(23,12(20)21)13(22,11(18)19)7-9(15)16/h8,22-23,25H,2-7H2,1H3,(H,15,16)(H,18,19)(H,20,21). The number of thiol groups is 1. The van der Waals surface area contributed by atoms with Gasteiger partial charge in [0.2, 0.25) is 5.60 Å². The van der Waals surface area contributed by atoms with Crippen molar-refractivity contribution in [3.8, 4) is 0 Å². The van der Waals surface area contributed by atoms with Crippen LogP contribution in [0.1, 0.15) is 45.4 Å². The molecule has 0 aliphatic rings. The van der Waals surface area contributed by atoms with Gasteiger partial charge >= 0.3 is 29.7 Å². The molecule has 5 N–H and O–H groups in total. The third kappa shape index (κ3) is 5.87. The average molecular weight is 382 g/mol. The van der Waals surface area contributed by atoms with Gasteiger partial charge in [-0.2, -0.15) is 12.6 Å². The van der Waals surface area contributed by atoms with Crippen LogP contribution in [0.3, 0.4) is 0 Å². The lowest BCUT2D eigenvalue weighted by atomic mass is 9.89. The van der Waals surface area contributed by atoms with Gasteiger partial charge in [-0.15, -0.1) is 0 Å². The molecule has 0 aromatic rings. The van der Waals surface area contributed by atoms with Gasteiger partial charge in [-0.25, -0.2) is 9.59 Å². The van der Waals surface area contributed by atoms with E-state index in [9.17, 15) is 29.4 Å². The molecule has 0 aliphatic carbocycles. The number of esters is 1. The second kappa shape index (κ2) is 9.59. The molecule has 0 saturated carbocycles. The summed E-state index contributed by atoms with van der Waals surface area (Å²) in [7, 11) is 0. The van der Waals surface area contributed by atoms with Crippen molar-refractivity contribution in [1.29, 1.82) is 0 Å². The van der Waals surface area contributed by atoms with Gasteiger partial charge < -0.3 is 30.3 Å². The van der Waals surface area contributed by atoms with Gasteiger partial charge in [-0.3, -0.25) is 9.59 Å². The van der Waals surface area contributed by atoms with Crippen LogP contribution >= 0.6 is 12.6 Å². The summed E-state index contributed by atoms with van der Waals surface area (Å²) in [5.74, 6) is -12.1. The zero-order chi connectivity index (χ0) is 19.8. The molecule has 0 spiro atoms. The second-order valence-electron chi connectivity index (χ2n) is 5.47. The number of unbranched alkanes of at least 4 members (excludes halogenated alkanes) is 3. The molecule has 0 aromatic heterocycles. The third-order valence-electron chi connectivity index (χ3n) is 3.46. The largest absolute Gasteiger partial charge is 0.481 e. The predicted molar refractivity (Wildman–Crippen MR) is 85.0 cm³/mol. The molecule has 144 valence electrons. The van der Waals surface area contributed by atoms with E-state index in [0.717, 1.165) is 19.3 Å². The van der Waals surface area contributed by atoms with Crippen LogP contribution in [0, 0.1) is 0 Å². The molecule has 0 aliphatic heterocycles. The summed E-state index contributed by atoms with van der Waals surface area (Å²) in [5.41, 5.74) is -3.80. The average Bonchev–Trinajstić information content (AvgIpc) is 2.49. The first-order valence-electron chi connectivity index (χ1n) is 7.46. The number of ether oxygens (including phenoxy) is 1. The van der Waals surface area contributed by atoms with Crippen LogP contribution < -0.4 is 0 Å². The topological polar surface area (TPSA) is 179 Å². The summed E-state index contributed by atoms with van der Waals surface area (Å²) in [5, 5.41) is 45.4. The van der Waals surface area contributed by atoms with E-state index in [1.54, 1.807) is 0 Å².